The normalized spacial score (nSPS) is 11.6. The Morgan fingerprint density at radius 3 is 2.75 bits per heavy atom. The van der Waals surface area contributed by atoms with Crippen LogP contribution in [0.4, 0.5) is 11.4 Å². The number of nitrogen functional groups attached to an aromatic ring is 1. The van der Waals surface area contributed by atoms with Crippen molar-refractivity contribution in [2.75, 3.05) is 11.1 Å². The van der Waals surface area contributed by atoms with Gasteiger partial charge < -0.3 is 11.1 Å². The van der Waals surface area contributed by atoms with Crippen molar-refractivity contribution in [2.45, 2.75) is 26.7 Å². The second kappa shape index (κ2) is 7.94. The number of hydrogen-bond acceptors (Lipinski definition) is 3. The Kier molecular flexibility index (Phi) is 6.23. The third-order valence-corrected chi connectivity index (χ3v) is 2.77. The molecule has 0 aliphatic heterocycles. The summed E-state index contributed by atoms with van der Waals surface area (Å²) in [4.78, 5) is 16.0. The Hall–Kier alpha value is -2.36. The van der Waals surface area contributed by atoms with Gasteiger partial charge in [-0.1, -0.05) is 38.1 Å². The quantitative estimate of drug-likeness (QED) is 0.472. The minimum atomic E-state index is -0.355. The summed E-state index contributed by atoms with van der Waals surface area (Å²) in [6, 6.07) is 7.07. The lowest BCUT2D eigenvalue weighted by Crippen LogP contribution is -2.14. The standard InChI is InChI=1S/C16H21N3O/c1-4-8-13(5-2)11-18-12(3)16(20)19-15-10-7-6-9-14(15)17/h5-7,9-11H,3-4,8,17H2,1-2H3,(H,19,20)/b13-5-,18-11?. The van der Waals surface area contributed by atoms with Crippen LogP contribution < -0.4 is 11.1 Å². The Morgan fingerprint density at radius 2 is 2.15 bits per heavy atom. The molecule has 0 aliphatic rings. The second-order valence-corrected chi connectivity index (χ2v) is 4.36. The maximum absolute atomic E-state index is 11.9. The molecular weight excluding hydrogens is 250 g/mol. The number of nitrogens with zero attached hydrogens (tertiary/aromatic N) is 1. The van der Waals surface area contributed by atoms with Crippen molar-refractivity contribution in [1.29, 1.82) is 0 Å². The highest BCUT2D eigenvalue weighted by Crippen LogP contribution is 2.17. The molecule has 0 atom stereocenters. The van der Waals surface area contributed by atoms with Crippen LogP contribution in [0.2, 0.25) is 0 Å². The first-order valence-electron chi connectivity index (χ1n) is 6.62. The predicted molar refractivity (Wildman–Crippen MR) is 85.8 cm³/mol. The third kappa shape index (κ3) is 4.72. The molecule has 0 aliphatic carbocycles. The molecule has 0 heterocycles. The van der Waals surface area contributed by atoms with E-state index in [1.807, 2.05) is 13.0 Å². The van der Waals surface area contributed by atoms with Gasteiger partial charge in [-0.2, -0.15) is 0 Å². The second-order valence-electron chi connectivity index (χ2n) is 4.36. The van der Waals surface area contributed by atoms with Crippen LogP contribution in [-0.2, 0) is 4.79 Å². The lowest BCUT2D eigenvalue weighted by molar-refractivity contribution is -0.112. The van der Waals surface area contributed by atoms with E-state index in [9.17, 15) is 4.79 Å². The lowest BCUT2D eigenvalue weighted by atomic mass is 10.1. The van der Waals surface area contributed by atoms with E-state index in [2.05, 4.69) is 23.8 Å². The van der Waals surface area contributed by atoms with Crippen molar-refractivity contribution in [2.24, 2.45) is 4.99 Å². The number of benzene rings is 1. The van der Waals surface area contributed by atoms with E-state index in [4.69, 9.17) is 5.73 Å². The van der Waals surface area contributed by atoms with Crippen LogP contribution in [-0.4, -0.2) is 12.1 Å². The molecular formula is C16H21N3O. The number of rotatable bonds is 6. The highest BCUT2D eigenvalue weighted by Gasteiger charge is 2.07. The molecule has 1 amide bonds. The minimum absolute atomic E-state index is 0.156. The van der Waals surface area contributed by atoms with Crippen molar-refractivity contribution >= 4 is 23.5 Å². The SMILES string of the molecule is C=C(N=C/C(=C\C)CCC)C(=O)Nc1ccccc1N. The first-order chi connectivity index (χ1) is 9.58. The molecule has 0 spiro atoms. The van der Waals surface area contributed by atoms with Gasteiger partial charge >= 0.3 is 0 Å². The summed E-state index contributed by atoms with van der Waals surface area (Å²) in [5, 5.41) is 2.69. The highest BCUT2D eigenvalue weighted by molar-refractivity contribution is 6.05. The van der Waals surface area contributed by atoms with Gasteiger partial charge in [0.1, 0.15) is 5.70 Å². The van der Waals surface area contributed by atoms with Gasteiger partial charge in [0.25, 0.3) is 5.91 Å². The molecule has 0 bridgehead atoms. The van der Waals surface area contributed by atoms with Crippen molar-refractivity contribution in [1.82, 2.24) is 0 Å². The van der Waals surface area contributed by atoms with E-state index < -0.39 is 0 Å². The van der Waals surface area contributed by atoms with E-state index in [1.165, 1.54) is 0 Å². The Balaban J connectivity index is 2.67. The van der Waals surface area contributed by atoms with Crippen LogP contribution in [0.5, 0.6) is 0 Å². The van der Waals surface area contributed by atoms with Crippen molar-refractivity contribution in [3.63, 3.8) is 0 Å². The molecule has 3 N–H and O–H groups in total. The first kappa shape index (κ1) is 15.7. The zero-order valence-electron chi connectivity index (χ0n) is 12.0. The number of carbonyl (C=O) groups is 1. The fourth-order valence-corrected chi connectivity index (χ4v) is 1.60. The fraction of sp³-hybridized carbons (Fsp3) is 0.250. The summed E-state index contributed by atoms with van der Waals surface area (Å²) in [6.07, 6.45) is 5.62. The summed E-state index contributed by atoms with van der Waals surface area (Å²) >= 11 is 0. The first-order valence-corrected chi connectivity index (χ1v) is 6.62. The molecule has 0 saturated heterocycles. The number of para-hydroxylation sites is 2. The van der Waals surface area contributed by atoms with Gasteiger partial charge in [0, 0.05) is 6.21 Å². The van der Waals surface area contributed by atoms with E-state index in [-0.39, 0.29) is 11.6 Å². The van der Waals surface area contributed by atoms with Gasteiger partial charge in [0.2, 0.25) is 0 Å². The molecule has 0 fully saturated rings. The molecule has 4 heteroatoms. The van der Waals surface area contributed by atoms with Crippen molar-refractivity contribution in [3.05, 3.63) is 48.2 Å². The molecule has 1 rings (SSSR count). The summed E-state index contributed by atoms with van der Waals surface area (Å²) < 4.78 is 0. The molecule has 0 radical (unpaired) electrons. The zero-order chi connectivity index (χ0) is 15.0. The molecule has 4 nitrogen and oxygen atoms in total. The van der Waals surface area contributed by atoms with Crippen molar-refractivity contribution < 1.29 is 4.79 Å². The Labute approximate surface area is 120 Å². The van der Waals surface area contributed by atoms with Gasteiger partial charge in [-0.15, -0.1) is 0 Å². The average molecular weight is 271 g/mol. The summed E-state index contributed by atoms with van der Waals surface area (Å²) in [6.45, 7) is 7.71. The van der Waals surface area contributed by atoms with Crippen LogP contribution in [0.25, 0.3) is 0 Å². The van der Waals surface area contributed by atoms with E-state index in [0.717, 1.165) is 18.4 Å². The monoisotopic (exact) mass is 271 g/mol. The molecule has 0 unspecified atom stereocenters. The molecule has 1 aromatic rings. The Morgan fingerprint density at radius 1 is 1.45 bits per heavy atom. The molecule has 1 aromatic carbocycles. The maximum Gasteiger partial charge on any atom is 0.273 e. The third-order valence-electron chi connectivity index (χ3n) is 2.77. The average Bonchev–Trinajstić information content (AvgIpc) is 2.45. The van der Waals surface area contributed by atoms with Crippen LogP contribution in [0.15, 0.2) is 53.2 Å². The minimum Gasteiger partial charge on any atom is -0.397 e. The molecule has 106 valence electrons. The fourth-order valence-electron chi connectivity index (χ4n) is 1.60. The highest BCUT2D eigenvalue weighted by atomic mass is 16.2. The number of anilines is 2. The van der Waals surface area contributed by atoms with Gasteiger partial charge in [-0.3, -0.25) is 9.79 Å². The van der Waals surface area contributed by atoms with Crippen LogP contribution in [0.3, 0.4) is 0 Å². The number of allylic oxidation sites excluding steroid dienone is 2. The lowest BCUT2D eigenvalue weighted by Gasteiger charge is -2.07. The Bertz CT molecular complexity index is 544. The largest absolute Gasteiger partial charge is 0.397 e. The van der Waals surface area contributed by atoms with Crippen LogP contribution in [0, 0.1) is 0 Å². The maximum atomic E-state index is 11.9. The van der Waals surface area contributed by atoms with E-state index >= 15 is 0 Å². The predicted octanol–water partition coefficient (Wildman–Crippen LogP) is 3.54. The summed E-state index contributed by atoms with van der Waals surface area (Å²) in [5.74, 6) is -0.355. The summed E-state index contributed by atoms with van der Waals surface area (Å²) in [5.41, 5.74) is 8.08. The molecule has 0 aromatic heterocycles. The van der Waals surface area contributed by atoms with E-state index in [1.54, 1.807) is 30.5 Å². The molecule has 0 saturated carbocycles. The summed E-state index contributed by atoms with van der Waals surface area (Å²) in [7, 11) is 0. The van der Waals surface area contributed by atoms with Gasteiger partial charge in [-0.25, -0.2) is 0 Å². The number of carbonyl (C=O) groups excluding carboxylic acids is 1. The van der Waals surface area contributed by atoms with Gasteiger partial charge in [-0.05, 0) is 31.1 Å². The van der Waals surface area contributed by atoms with Crippen molar-refractivity contribution in [3.8, 4) is 0 Å². The zero-order valence-corrected chi connectivity index (χ0v) is 12.0. The number of nitrogens with two attached hydrogens (primary N) is 1. The van der Waals surface area contributed by atoms with Crippen LogP contribution in [0.1, 0.15) is 26.7 Å². The van der Waals surface area contributed by atoms with E-state index in [0.29, 0.717) is 11.4 Å². The van der Waals surface area contributed by atoms with Crippen LogP contribution >= 0.6 is 0 Å². The van der Waals surface area contributed by atoms with Gasteiger partial charge in [0.05, 0.1) is 11.4 Å². The number of nitrogens with one attached hydrogen (secondary N) is 1. The van der Waals surface area contributed by atoms with Gasteiger partial charge in [0.15, 0.2) is 0 Å². The number of aliphatic imine (C=N–C) groups is 1. The number of amides is 1. The number of hydrogen-bond donors (Lipinski definition) is 2. The topological polar surface area (TPSA) is 67.5 Å². The smallest absolute Gasteiger partial charge is 0.273 e. The molecule has 20 heavy (non-hydrogen) atoms.